The molecule has 0 fully saturated rings. The molecule has 0 amide bonds. The quantitative estimate of drug-likeness (QED) is 0.383. The lowest BCUT2D eigenvalue weighted by atomic mass is 10.3. The van der Waals surface area contributed by atoms with E-state index in [9.17, 15) is 9.90 Å². The zero-order valence-corrected chi connectivity index (χ0v) is 6.88. The van der Waals surface area contributed by atoms with Gasteiger partial charge < -0.3 is 15.2 Å². The lowest BCUT2D eigenvalue weighted by Gasteiger charge is -1.99. The summed E-state index contributed by atoms with van der Waals surface area (Å²) in [7, 11) is 0. The lowest BCUT2D eigenvalue weighted by molar-refractivity contribution is -0.646. The van der Waals surface area contributed by atoms with Gasteiger partial charge in [-0.15, -0.1) is 0 Å². The summed E-state index contributed by atoms with van der Waals surface area (Å²) in [6.07, 6.45) is 4.89. The number of nitrogens with two attached hydrogens (primary N) is 1. The third kappa shape index (κ3) is 9.17. The number of hydrogen-bond donors (Lipinski definition) is 1. The molecule has 0 saturated carbocycles. The molecule has 64 valence electrons. The number of carbonyl (C=O) groups is 1. The van der Waals surface area contributed by atoms with Gasteiger partial charge in [0.1, 0.15) is 0 Å². The van der Waals surface area contributed by atoms with Crippen LogP contribution in [-0.4, -0.2) is 19.1 Å². The molecule has 0 aliphatic rings. The summed E-state index contributed by atoms with van der Waals surface area (Å²) in [4.78, 5) is 9.95. The van der Waals surface area contributed by atoms with Crippen molar-refractivity contribution in [3.8, 4) is 0 Å². The van der Waals surface area contributed by atoms with E-state index in [2.05, 4.69) is 5.32 Å². The molecule has 0 rings (SSSR count). The fourth-order valence-electron chi connectivity index (χ4n) is 0.741. The molecule has 3 heteroatoms. The Labute approximate surface area is 67.1 Å². The third-order valence-corrected chi connectivity index (χ3v) is 1.33. The van der Waals surface area contributed by atoms with E-state index in [1.165, 1.54) is 0 Å². The van der Waals surface area contributed by atoms with E-state index in [4.69, 9.17) is 0 Å². The first kappa shape index (κ1) is 10.2. The van der Waals surface area contributed by atoms with Gasteiger partial charge in [0.25, 0.3) is 0 Å². The zero-order valence-electron chi connectivity index (χ0n) is 6.88. The summed E-state index contributed by atoms with van der Waals surface area (Å²) in [5.74, 6) is -0.954. The van der Waals surface area contributed by atoms with Crippen molar-refractivity contribution in [1.29, 1.82) is 0 Å². The molecule has 0 saturated heterocycles. The Kier molecular flexibility index (Phi) is 6.73. The van der Waals surface area contributed by atoms with Crippen LogP contribution in [0.3, 0.4) is 0 Å². The minimum Gasteiger partial charge on any atom is -0.550 e. The summed E-state index contributed by atoms with van der Waals surface area (Å²) in [5, 5.41) is 12.0. The van der Waals surface area contributed by atoms with Crippen molar-refractivity contribution in [1.82, 2.24) is 0 Å². The van der Waals surface area contributed by atoms with Crippen LogP contribution in [-0.2, 0) is 4.79 Å². The molecule has 0 bridgehead atoms. The highest BCUT2D eigenvalue weighted by atomic mass is 16.4. The molecular formula is C8H15NO2. The summed E-state index contributed by atoms with van der Waals surface area (Å²) in [6, 6.07) is 0. The first-order valence-corrected chi connectivity index (χ1v) is 3.90. The fraction of sp³-hybridized carbons (Fsp3) is 0.625. The van der Waals surface area contributed by atoms with Crippen LogP contribution in [0.2, 0.25) is 0 Å². The van der Waals surface area contributed by atoms with E-state index in [0.717, 1.165) is 13.1 Å². The normalized spacial score (nSPS) is 10.6. The Balaban J connectivity index is 2.96. The van der Waals surface area contributed by atoms with Crippen molar-refractivity contribution in [2.75, 3.05) is 13.1 Å². The van der Waals surface area contributed by atoms with E-state index in [0.29, 0.717) is 6.42 Å². The second-order valence-electron chi connectivity index (χ2n) is 2.36. The second kappa shape index (κ2) is 7.28. The van der Waals surface area contributed by atoms with Crippen LogP contribution in [0, 0.1) is 0 Å². The molecule has 0 atom stereocenters. The molecule has 0 aromatic carbocycles. The molecule has 0 spiro atoms. The van der Waals surface area contributed by atoms with Gasteiger partial charge in [0, 0.05) is 12.4 Å². The van der Waals surface area contributed by atoms with Crippen molar-refractivity contribution in [2.24, 2.45) is 0 Å². The van der Waals surface area contributed by atoms with E-state index in [-0.39, 0.29) is 6.42 Å². The highest BCUT2D eigenvalue weighted by molar-refractivity contribution is 5.64. The number of carboxylic acid groups (broad SMARTS) is 1. The number of rotatable bonds is 6. The Hall–Kier alpha value is -0.830. The first-order valence-electron chi connectivity index (χ1n) is 3.90. The zero-order chi connectivity index (χ0) is 8.53. The van der Waals surface area contributed by atoms with Crippen molar-refractivity contribution in [3.63, 3.8) is 0 Å². The summed E-state index contributed by atoms with van der Waals surface area (Å²) in [6.45, 7) is 3.76. The molecule has 0 radical (unpaired) electrons. The Morgan fingerprint density at radius 3 is 2.91 bits per heavy atom. The van der Waals surface area contributed by atoms with Crippen molar-refractivity contribution in [2.45, 2.75) is 19.8 Å². The number of aliphatic carboxylic acids is 1. The SMILES string of the molecule is C/C=C/C[NH2+]CCCC(=O)[O-]. The van der Waals surface area contributed by atoms with Crippen LogP contribution in [0.5, 0.6) is 0 Å². The van der Waals surface area contributed by atoms with Gasteiger partial charge in [-0.2, -0.15) is 0 Å². The van der Waals surface area contributed by atoms with Crippen LogP contribution in [0.1, 0.15) is 19.8 Å². The number of carboxylic acids is 1. The van der Waals surface area contributed by atoms with Gasteiger partial charge in [0.05, 0.1) is 13.1 Å². The summed E-state index contributed by atoms with van der Waals surface area (Å²) >= 11 is 0. The molecule has 0 unspecified atom stereocenters. The van der Waals surface area contributed by atoms with Crippen molar-refractivity contribution < 1.29 is 15.2 Å². The number of hydrogen-bond acceptors (Lipinski definition) is 2. The molecule has 2 N–H and O–H groups in total. The Morgan fingerprint density at radius 1 is 1.64 bits per heavy atom. The van der Waals surface area contributed by atoms with E-state index < -0.39 is 5.97 Å². The topological polar surface area (TPSA) is 56.7 Å². The number of carbonyl (C=O) groups excluding carboxylic acids is 1. The molecule has 0 aromatic heterocycles. The van der Waals surface area contributed by atoms with Gasteiger partial charge >= 0.3 is 0 Å². The predicted molar refractivity (Wildman–Crippen MR) is 40.7 cm³/mol. The number of allylic oxidation sites excluding steroid dienone is 1. The van der Waals surface area contributed by atoms with Crippen LogP contribution in [0.15, 0.2) is 12.2 Å². The molecule has 0 aliphatic heterocycles. The Morgan fingerprint density at radius 2 is 2.36 bits per heavy atom. The molecule has 11 heavy (non-hydrogen) atoms. The van der Waals surface area contributed by atoms with Crippen LogP contribution in [0.4, 0.5) is 0 Å². The average molecular weight is 157 g/mol. The molecule has 0 aromatic rings. The Bertz CT molecular complexity index is 132. The van der Waals surface area contributed by atoms with Crippen molar-refractivity contribution >= 4 is 5.97 Å². The highest BCUT2D eigenvalue weighted by Crippen LogP contribution is 1.79. The van der Waals surface area contributed by atoms with Gasteiger partial charge in [0.15, 0.2) is 0 Å². The maximum Gasteiger partial charge on any atom is 0.0942 e. The van der Waals surface area contributed by atoms with Crippen LogP contribution < -0.4 is 10.4 Å². The van der Waals surface area contributed by atoms with Crippen molar-refractivity contribution in [3.05, 3.63) is 12.2 Å². The summed E-state index contributed by atoms with van der Waals surface area (Å²) < 4.78 is 0. The molecular weight excluding hydrogens is 142 g/mol. The maximum absolute atomic E-state index is 9.95. The smallest absolute Gasteiger partial charge is 0.0942 e. The van der Waals surface area contributed by atoms with Crippen LogP contribution in [0.25, 0.3) is 0 Å². The predicted octanol–water partition coefficient (Wildman–Crippen LogP) is -1.34. The van der Waals surface area contributed by atoms with Gasteiger partial charge in [-0.3, -0.25) is 0 Å². The first-order chi connectivity index (χ1) is 5.27. The fourth-order valence-corrected chi connectivity index (χ4v) is 0.741. The minimum absolute atomic E-state index is 0.173. The van der Waals surface area contributed by atoms with Gasteiger partial charge in [-0.05, 0) is 19.4 Å². The largest absolute Gasteiger partial charge is 0.550 e. The average Bonchev–Trinajstić information content (AvgIpc) is 1.96. The third-order valence-electron chi connectivity index (χ3n) is 1.33. The lowest BCUT2D eigenvalue weighted by Crippen LogP contribution is -2.84. The second-order valence-corrected chi connectivity index (χ2v) is 2.36. The molecule has 3 nitrogen and oxygen atoms in total. The highest BCUT2D eigenvalue weighted by Gasteiger charge is 1.88. The number of quaternary nitrogens is 1. The summed E-state index contributed by atoms with van der Waals surface area (Å²) in [5.41, 5.74) is 0. The molecule has 0 aliphatic carbocycles. The van der Waals surface area contributed by atoms with E-state index in [1.54, 1.807) is 0 Å². The van der Waals surface area contributed by atoms with Gasteiger partial charge in [-0.25, -0.2) is 0 Å². The van der Waals surface area contributed by atoms with E-state index in [1.807, 2.05) is 19.1 Å². The van der Waals surface area contributed by atoms with E-state index >= 15 is 0 Å². The van der Waals surface area contributed by atoms with Crippen LogP contribution >= 0.6 is 0 Å². The molecule has 0 heterocycles. The minimum atomic E-state index is -0.954. The maximum atomic E-state index is 9.95. The van der Waals surface area contributed by atoms with Gasteiger partial charge in [0.2, 0.25) is 0 Å². The van der Waals surface area contributed by atoms with Gasteiger partial charge in [-0.1, -0.05) is 6.08 Å². The standard InChI is InChI=1S/C8H15NO2/c1-2-3-6-9-7-4-5-8(10)11/h2-3,9H,4-7H2,1H3,(H,10,11)/b3-2+. The monoisotopic (exact) mass is 157 g/mol.